The lowest BCUT2D eigenvalue weighted by Gasteiger charge is -2.24. The number of aromatic nitrogens is 2. The maximum Gasteiger partial charge on any atom is 0.102 e. The van der Waals surface area contributed by atoms with Gasteiger partial charge in [-0.05, 0) is 18.8 Å². The molecule has 4 nitrogen and oxygen atoms in total. The number of nitrogens with zero attached hydrogens (tertiary/aromatic N) is 3. The Morgan fingerprint density at radius 2 is 2.47 bits per heavy atom. The number of hydrogen-bond acceptors (Lipinski definition) is 3. The molecular formula is C11H15N3O. The van der Waals surface area contributed by atoms with Gasteiger partial charge in [0, 0.05) is 12.8 Å². The summed E-state index contributed by atoms with van der Waals surface area (Å²) in [6.07, 6.45) is 7.32. The molecule has 15 heavy (non-hydrogen) atoms. The fourth-order valence-corrected chi connectivity index (χ4v) is 1.61. The second-order valence-electron chi connectivity index (χ2n) is 3.98. The van der Waals surface area contributed by atoms with Gasteiger partial charge in [0.2, 0.25) is 0 Å². The van der Waals surface area contributed by atoms with Gasteiger partial charge >= 0.3 is 0 Å². The fourth-order valence-electron chi connectivity index (χ4n) is 1.61. The predicted molar refractivity (Wildman–Crippen MR) is 55.1 cm³/mol. The van der Waals surface area contributed by atoms with E-state index in [-0.39, 0.29) is 0 Å². The Hall–Kier alpha value is -1.34. The summed E-state index contributed by atoms with van der Waals surface area (Å²) in [5, 5.41) is 12.7. The van der Waals surface area contributed by atoms with Crippen molar-refractivity contribution < 1.29 is 4.74 Å². The first-order valence-electron chi connectivity index (χ1n) is 5.39. The molecule has 2 rings (SSSR count). The summed E-state index contributed by atoms with van der Waals surface area (Å²) in [4.78, 5) is 0. The summed E-state index contributed by atoms with van der Waals surface area (Å²) < 4.78 is 7.29. The molecule has 1 fully saturated rings. The highest BCUT2D eigenvalue weighted by Gasteiger charge is 2.16. The molecule has 1 aromatic heterocycles. The number of ether oxygens (including phenoxy) is 1. The molecule has 0 aromatic carbocycles. The van der Waals surface area contributed by atoms with E-state index in [2.05, 4.69) is 11.2 Å². The molecule has 0 radical (unpaired) electrons. The average Bonchev–Trinajstić information content (AvgIpc) is 2.62. The average molecular weight is 205 g/mol. The lowest BCUT2D eigenvalue weighted by atomic mass is 9.86. The van der Waals surface area contributed by atoms with Crippen molar-refractivity contribution in [1.29, 1.82) is 5.26 Å². The van der Waals surface area contributed by atoms with E-state index in [1.165, 1.54) is 19.3 Å². The molecule has 0 atom stereocenters. The van der Waals surface area contributed by atoms with E-state index in [1.807, 2.05) is 0 Å². The van der Waals surface area contributed by atoms with Gasteiger partial charge in [-0.15, -0.1) is 0 Å². The minimum atomic E-state index is 0.606. The van der Waals surface area contributed by atoms with Gasteiger partial charge in [0.15, 0.2) is 0 Å². The third kappa shape index (κ3) is 2.80. The van der Waals surface area contributed by atoms with Crippen LogP contribution in [0.1, 0.15) is 24.8 Å². The van der Waals surface area contributed by atoms with Gasteiger partial charge < -0.3 is 4.74 Å². The second-order valence-corrected chi connectivity index (χ2v) is 3.98. The summed E-state index contributed by atoms with van der Waals surface area (Å²) in [6.45, 7) is 2.30. The Kier molecular flexibility index (Phi) is 3.36. The van der Waals surface area contributed by atoms with Crippen molar-refractivity contribution in [2.75, 3.05) is 13.2 Å². The van der Waals surface area contributed by atoms with Crippen LogP contribution in [0.4, 0.5) is 0 Å². The Morgan fingerprint density at radius 3 is 3.07 bits per heavy atom. The Morgan fingerprint density at radius 1 is 1.60 bits per heavy atom. The van der Waals surface area contributed by atoms with Crippen LogP contribution >= 0.6 is 0 Å². The van der Waals surface area contributed by atoms with Crippen LogP contribution in [0, 0.1) is 17.2 Å². The van der Waals surface area contributed by atoms with E-state index in [0.29, 0.717) is 12.2 Å². The van der Waals surface area contributed by atoms with Crippen molar-refractivity contribution in [3.63, 3.8) is 0 Å². The third-order valence-corrected chi connectivity index (χ3v) is 2.81. The van der Waals surface area contributed by atoms with E-state index < -0.39 is 0 Å². The predicted octanol–water partition coefficient (Wildman–Crippen LogP) is 1.57. The SMILES string of the molecule is N#Cc1cnn(CCOCC2CCC2)c1. The molecule has 0 spiro atoms. The molecule has 0 aliphatic heterocycles. The van der Waals surface area contributed by atoms with Crippen molar-refractivity contribution in [2.45, 2.75) is 25.8 Å². The third-order valence-electron chi connectivity index (χ3n) is 2.81. The van der Waals surface area contributed by atoms with E-state index in [0.717, 1.165) is 19.1 Å². The van der Waals surface area contributed by atoms with Crippen LogP contribution in [-0.4, -0.2) is 23.0 Å². The van der Waals surface area contributed by atoms with Crippen molar-refractivity contribution in [3.05, 3.63) is 18.0 Å². The summed E-state index contributed by atoms with van der Waals surface area (Å²) in [6, 6.07) is 2.05. The van der Waals surface area contributed by atoms with Gasteiger partial charge in [-0.2, -0.15) is 10.4 Å². The molecule has 0 unspecified atom stereocenters. The number of hydrogen-bond donors (Lipinski definition) is 0. The van der Waals surface area contributed by atoms with Crippen LogP contribution < -0.4 is 0 Å². The highest BCUT2D eigenvalue weighted by Crippen LogP contribution is 2.26. The molecule has 0 amide bonds. The van der Waals surface area contributed by atoms with Gasteiger partial charge in [-0.25, -0.2) is 0 Å². The van der Waals surface area contributed by atoms with Crippen LogP contribution in [-0.2, 0) is 11.3 Å². The quantitative estimate of drug-likeness (QED) is 0.685. The zero-order valence-electron chi connectivity index (χ0n) is 8.72. The molecule has 1 aromatic rings. The standard InChI is InChI=1S/C11H15N3O/c12-6-11-7-13-14(8-11)4-5-15-9-10-2-1-3-10/h7-8,10H,1-5,9H2. The van der Waals surface area contributed by atoms with Gasteiger partial charge in [0.1, 0.15) is 6.07 Å². The summed E-state index contributed by atoms with van der Waals surface area (Å²) in [5.74, 6) is 0.789. The minimum absolute atomic E-state index is 0.606. The summed E-state index contributed by atoms with van der Waals surface area (Å²) in [5.41, 5.74) is 0.606. The smallest absolute Gasteiger partial charge is 0.102 e. The first-order valence-corrected chi connectivity index (χ1v) is 5.39. The number of nitriles is 1. The van der Waals surface area contributed by atoms with Crippen molar-refractivity contribution >= 4 is 0 Å². The lowest BCUT2D eigenvalue weighted by Crippen LogP contribution is -2.19. The van der Waals surface area contributed by atoms with Gasteiger partial charge in [-0.1, -0.05) is 6.42 Å². The Balaban J connectivity index is 1.62. The van der Waals surface area contributed by atoms with E-state index in [9.17, 15) is 0 Å². The molecule has 4 heteroatoms. The minimum Gasteiger partial charge on any atom is -0.379 e. The van der Waals surface area contributed by atoms with Gasteiger partial charge in [0.25, 0.3) is 0 Å². The number of rotatable bonds is 5. The molecule has 1 aliphatic rings. The van der Waals surface area contributed by atoms with Crippen molar-refractivity contribution in [3.8, 4) is 6.07 Å². The fraction of sp³-hybridized carbons (Fsp3) is 0.636. The monoisotopic (exact) mass is 205 g/mol. The molecule has 1 saturated carbocycles. The molecule has 0 N–H and O–H groups in total. The lowest BCUT2D eigenvalue weighted by molar-refractivity contribution is 0.0641. The first-order chi connectivity index (χ1) is 7.38. The zero-order chi connectivity index (χ0) is 10.5. The molecule has 80 valence electrons. The highest BCUT2D eigenvalue weighted by molar-refractivity contribution is 5.21. The largest absolute Gasteiger partial charge is 0.379 e. The Labute approximate surface area is 89.5 Å². The molecule has 0 bridgehead atoms. The molecule has 1 aliphatic carbocycles. The van der Waals surface area contributed by atoms with Crippen LogP contribution in [0.5, 0.6) is 0 Å². The van der Waals surface area contributed by atoms with Crippen LogP contribution in [0.25, 0.3) is 0 Å². The Bertz CT molecular complexity index is 349. The second kappa shape index (κ2) is 4.94. The van der Waals surface area contributed by atoms with E-state index >= 15 is 0 Å². The molecule has 1 heterocycles. The summed E-state index contributed by atoms with van der Waals surface area (Å²) >= 11 is 0. The maximum absolute atomic E-state index is 8.60. The normalized spacial score (nSPS) is 15.9. The van der Waals surface area contributed by atoms with E-state index in [1.54, 1.807) is 17.1 Å². The van der Waals surface area contributed by atoms with Gasteiger partial charge in [0.05, 0.1) is 24.9 Å². The van der Waals surface area contributed by atoms with Crippen molar-refractivity contribution in [1.82, 2.24) is 9.78 Å². The van der Waals surface area contributed by atoms with Crippen LogP contribution in [0.2, 0.25) is 0 Å². The van der Waals surface area contributed by atoms with Gasteiger partial charge in [-0.3, -0.25) is 4.68 Å². The van der Waals surface area contributed by atoms with Crippen molar-refractivity contribution in [2.24, 2.45) is 5.92 Å². The highest BCUT2D eigenvalue weighted by atomic mass is 16.5. The van der Waals surface area contributed by atoms with Crippen LogP contribution in [0.15, 0.2) is 12.4 Å². The first kappa shape index (κ1) is 10.2. The van der Waals surface area contributed by atoms with E-state index in [4.69, 9.17) is 10.00 Å². The molecule has 0 saturated heterocycles. The topological polar surface area (TPSA) is 50.8 Å². The maximum atomic E-state index is 8.60. The zero-order valence-corrected chi connectivity index (χ0v) is 8.72. The van der Waals surface area contributed by atoms with Crippen LogP contribution in [0.3, 0.4) is 0 Å². The summed E-state index contributed by atoms with van der Waals surface area (Å²) in [7, 11) is 0. The molecular weight excluding hydrogens is 190 g/mol.